The van der Waals surface area contributed by atoms with E-state index in [-0.39, 0.29) is 17.7 Å². The highest BCUT2D eigenvalue weighted by molar-refractivity contribution is 5.94. The number of carbonyl (C=O) groups excluding carboxylic acids is 3. The number of hydrogen-bond donors (Lipinski definition) is 2. The summed E-state index contributed by atoms with van der Waals surface area (Å²) in [6.07, 6.45) is 0.944. The minimum atomic E-state index is -0.136. The molecule has 0 aliphatic rings. The van der Waals surface area contributed by atoms with Crippen LogP contribution < -0.4 is 10.6 Å². The van der Waals surface area contributed by atoms with Gasteiger partial charge >= 0.3 is 0 Å². The molecule has 0 bridgehead atoms. The van der Waals surface area contributed by atoms with Gasteiger partial charge in [-0.2, -0.15) is 0 Å². The van der Waals surface area contributed by atoms with Gasteiger partial charge in [0.05, 0.1) is 0 Å². The maximum absolute atomic E-state index is 12.2. The van der Waals surface area contributed by atoms with E-state index in [9.17, 15) is 14.4 Å². The highest BCUT2D eigenvalue weighted by Gasteiger charge is 2.10. The Morgan fingerprint density at radius 2 is 1.52 bits per heavy atom. The number of amides is 3. The molecule has 2 rings (SSSR count). The number of carbonyl (C=O) groups is 3. The lowest BCUT2D eigenvalue weighted by atomic mass is 10.1. The minimum absolute atomic E-state index is 0.0133. The van der Waals surface area contributed by atoms with Crippen LogP contribution in [0.25, 0.3) is 0 Å². The molecule has 6 nitrogen and oxygen atoms in total. The van der Waals surface area contributed by atoms with Crippen LogP contribution >= 0.6 is 0 Å². The fourth-order valence-electron chi connectivity index (χ4n) is 2.59. The Kier molecular flexibility index (Phi) is 7.55. The molecule has 142 valence electrons. The first-order chi connectivity index (χ1) is 13.0. The summed E-state index contributed by atoms with van der Waals surface area (Å²) in [5.74, 6) is -0.254. The number of rotatable bonds is 8. The molecule has 2 aromatic rings. The monoisotopic (exact) mass is 367 g/mol. The van der Waals surface area contributed by atoms with E-state index >= 15 is 0 Å². The zero-order valence-electron chi connectivity index (χ0n) is 15.7. The van der Waals surface area contributed by atoms with Crippen LogP contribution in [0.15, 0.2) is 54.6 Å². The van der Waals surface area contributed by atoms with Gasteiger partial charge in [0.1, 0.15) is 0 Å². The zero-order chi connectivity index (χ0) is 19.6. The molecule has 2 aromatic carbocycles. The number of nitrogens with one attached hydrogen (secondary N) is 2. The summed E-state index contributed by atoms with van der Waals surface area (Å²) < 4.78 is 0. The summed E-state index contributed by atoms with van der Waals surface area (Å²) >= 11 is 0. The molecule has 0 aliphatic carbocycles. The van der Waals surface area contributed by atoms with Gasteiger partial charge in [0.15, 0.2) is 0 Å². The van der Waals surface area contributed by atoms with Gasteiger partial charge in [-0.05, 0) is 36.2 Å². The van der Waals surface area contributed by atoms with Crippen LogP contribution in [0, 0.1) is 0 Å². The number of hydrogen-bond acceptors (Lipinski definition) is 3. The molecule has 3 amide bonds. The largest absolute Gasteiger partial charge is 0.355 e. The molecule has 0 fully saturated rings. The average Bonchev–Trinajstić information content (AvgIpc) is 2.71. The standard InChI is InChI=1S/C21H25N3O3/c1-22-20(26)18-12-10-16(11-13-18)15-24(2)19(25)9-6-14-23-21(27)17-7-4-3-5-8-17/h3-5,7-8,10-13H,6,9,14-15H2,1-2H3,(H,22,26)(H,23,27). The van der Waals surface area contributed by atoms with E-state index < -0.39 is 0 Å². The fourth-order valence-corrected chi connectivity index (χ4v) is 2.59. The molecular formula is C21H25N3O3. The van der Waals surface area contributed by atoms with Crippen molar-refractivity contribution in [3.63, 3.8) is 0 Å². The van der Waals surface area contributed by atoms with Gasteiger partial charge in [0.2, 0.25) is 5.91 Å². The van der Waals surface area contributed by atoms with E-state index in [2.05, 4.69) is 10.6 Å². The highest BCUT2D eigenvalue weighted by Crippen LogP contribution is 2.08. The summed E-state index contributed by atoms with van der Waals surface area (Å²) in [6, 6.07) is 16.2. The van der Waals surface area contributed by atoms with E-state index in [1.54, 1.807) is 43.3 Å². The Morgan fingerprint density at radius 3 is 2.15 bits per heavy atom. The smallest absolute Gasteiger partial charge is 0.251 e. The normalized spacial score (nSPS) is 10.1. The van der Waals surface area contributed by atoms with E-state index in [0.717, 1.165) is 5.56 Å². The molecular weight excluding hydrogens is 342 g/mol. The van der Waals surface area contributed by atoms with Crippen molar-refractivity contribution in [1.82, 2.24) is 15.5 Å². The van der Waals surface area contributed by atoms with Crippen molar-refractivity contribution in [1.29, 1.82) is 0 Å². The van der Waals surface area contributed by atoms with E-state index in [1.165, 1.54) is 0 Å². The van der Waals surface area contributed by atoms with Gasteiger partial charge in [-0.3, -0.25) is 14.4 Å². The molecule has 0 saturated heterocycles. The SMILES string of the molecule is CNC(=O)c1ccc(CN(C)C(=O)CCCNC(=O)c2ccccc2)cc1. The predicted molar refractivity (Wildman–Crippen MR) is 104 cm³/mol. The lowest BCUT2D eigenvalue weighted by molar-refractivity contribution is -0.130. The lowest BCUT2D eigenvalue weighted by Gasteiger charge is -2.17. The minimum Gasteiger partial charge on any atom is -0.355 e. The number of nitrogens with zero attached hydrogens (tertiary/aromatic N) is 1. The summed E-state index contributed by atoms with van der Waals surface area (Å²) in [7, 11) is 3.34. The van der Waals surface area contributed by atoms with Crippen LogP contribution in [0.5, 0.6) is 0 Å². The highest BCUT2D eigenvalue weighted by atomic mass is 16.2. The molecule has 27 heavy (non-hydrogen) atoms. The van der Waals surface area contributed by atoms with Crippen LogP contribution in [-0.2, 0) is 11.3 Å². The second kappa shape index (κ2) is 10.1. The quantitative estimate of drug-likeness (QED) is 0.702. The molecule has 0 aliphatic heterocycles. The van der Waals surface area contributed by atoms with E-state index in [4.69, 9.17) is 0 Å². The predicted octanol–water partition coefficient (Wildman–Crippen LogP) is 2.21. The summed E-state index contributed by atoms with van der Waals surface area (Å²) in [4.78, 5) is 37.3. The molecule has 2 N–H and O–H groups in total. The molecule has 0 radical (unpaired) electrons. The average molecular weight is 367 g/mol. The van der Waals surface area contributed by atoms with E-state index in [1.807, 2.05) is 30.3 Å². The Balaban J connectivity index is 1.72. The van der Waals surface area contributed by atoms with Crippen LogP contribution in [0.1, 0.15) is 39.1 Å². The second-order valence-electron chi connectivity index (χ2n) is 6.25. The van der Waals surface area contributed by atoms with E-state index in [0.29, 0.717) is 37.1 Å². The number of benzene rings is 2. The van der Waals surface area contributed by atoms with Crippen LogP contribution in [0.3, 0.4) is 0 Å². The third kappa shape index (κ3) is 6.26. The molecule has 0 atom stereocenters. The van der Waals surface area contributed by atoms with Crippen molar-refractivity contribution in [2.75, 3.05) is 20.6 Å². The topological polar surface area (TPSA) is 78.5 Å². The molecule has 0 heterocycles. The lowest BCUT2D eigenvalue weighted by Crippen LogP contribution is -2.28. The fraction of sp³-hybridized carbons (Fsp3) is 0.286. The van der Waals surface area contributed by atoms with Crippen molar-refractivity contribution in [2.24, 2.45) is 0 Å². The van der Waals surface area contributed by atoms with Crippen molar-refractivity contribution < 1.29 is 14.4 Å². The molecule has 0 spiro atoms. The first kappa shape index (κ1) is 20.2. The Morgan fingerprint density at radius 1 is 0.889 bits per heavy atom. The van der Waals surface area contributed by atoms with Crippen molar-refractivity contribution in [2.45, 2.75) is 19.4 Å². The third-order valence-corrected chi connectivity index (χ3v) is 4.18. The molecule has 0 aromatic heterocycles. The zero-order valence-corrected chi connectivity index (χ0v) is 15.7. The van der Waals surface area contributed by atoms with Gasteiger partial charge < -0.3 is 15.5 Å². The molecule has 0 unspecified atom stereocenters. The third-order valence-electron chi connectivity index (χ3n) is 4.18. The Bertz CT molecular complexity index is 773. The maximum Gasteiger partial charge on any atom is 0.251 e. The van der Waals surface area contributed by atoms with Gasteiger partial charge in [0.25, 0.3) is 11.8 Å². The second-order valence-corrected chi connectivity index (χ2v) is 6.25. The maximum atomic E-state index is 12.2. The van der Waals surface area contributed by atoms with Gasteiger partial charge in [0, 0.05) is 44.7 Å². The summed E-state index contributed by atoms with van der Waals surface area (Å²) in [6.45, 7) is 0.928. The van der Waals surface area contributed by atoms with Gasteiger partial charge in [-0.15, -0.1) is 0 Å². The van der Waals surface area contributed by atoms with Gasteiger partial charge in [-0.1, -0.05) is 30.3 Å². The van der Waals surface area contributed by atoms with Crippen LogP contribution in [0.2, 0.25) is 0 Å². The van der Waals surface area contributed by atoms with Crippen molar-refractivity contribution >= 4 is 17.7 Å². The van der Waals surface area contributed by atoms with Crippen molar-refractivity contribution in [3.05, 3.63) is 71.3 Å². The van der Waals surface area contributed by atoms with Crippen LogP contribution in [-0.4, -0.2) is 43.3 Å². The molecule has 0 saturated carbocycles. The Labute approximate surface area is 159 Å². The van der Waals surface area contributed by atoms with Crippen molar-refractivity contribution in [3.8, 4) is 0 Å². The summed E-state index contributed by atoms with van der Waals surface area (Å²) in [5.41, 5.74) is 2.15. The Hall–Kier alpha value is -3.15. The first-order valence-electron chi connectivity index (χ1n) is 8.89. The van der Waals surface area contributed by atoms with Crippen LogP contribution in [0.4, 0.5) is 0 Å². The molecule has 6 heteroatoms. The van der Waals surface area contributed by atoms with Gasteiger partial charge in [-0.25, -0.2) is 0 Å². The first-order valence-corrected chi connectivity index (χ1v) is 8.89. The summed E-state index contributed by atoms with van der Waals surface area (Å²) in [5, 5.41) is 5.39.